The minimum atomic E-state index is -0.155. The number of carbonyl (C=O) groups is 1. The van der Waals surface area contributed by atoms with Crippen molar-refractivity contribution >= 4 is 5.91 Å². The Morgan fingerprint density at radius 2 is 2.12 bits per heavy atom. The van der Waals surface area contributed by atoms with E-state index in [1.807, 2.05) is 19.1 Å². The van der Waals surface area contributed by atoms with Gasteiger partial charge in [0.25, 0.3) is 5.91 Å². The number of rotatable bonds is 2. The fourth-order valence-corrected chi connectivity index (χ4v) is 4.37. The standard InChI is InChI=1S/C21H22N4O/c1-16-4-2-5-18(24-16)19(26)25-21-8-3-7-20(15-21,10-11-21)9-6-17-14-22-12-13-23-17/h2,4-5,12-14H,3,7-8,10-11,15H2,1H3,(H,25,26)/t20?,21-/m0/s1. The molecule has 2 saturated carbocycles. The Kier molecular flexibility index (Phi) is 4.20. The van der Waals surface area contributed by atoms with E-state index in [1.54, 1.807) is 24.7 Å². The van der Waals surface area contributed by atoms with E-state index in [2.05, 4.69) is 32.1 Å². The minimum Gasteiger partial charge on any atom is -0.345 e. The average molecular weight is 346 g/mol. The summed E-state index contributed by atoms with van der Waals surface area (Å²) < 4.78 is 0. The largest absolute Gasteiger partial charge is 0.345 e. The van der Waals surface area contributed by atoms with Gasteiger partial charge in [-0.2, -0.15) is 0 Å². The highest BCUT2D eigenvalue weighted by atomic mass is 16.2. The predicted octanol–water partition coefficient (Wildman–Crippen LogP) is 3.05. The second-order valence-electron chi connectivity index (χ2n) is 7.55. The van der Waals surface area contributed by atoms with Crippen molar-refractivity contribution in [3.63, 3.8) is 0 Å². The fraction of sp³-hybridized carbons (Fsp3) is 0.429. The first-order valence-corrected chi connectivity index (χ1v) is 9.14. The van der Waals surface area contributed by atoms with Crippen LogP contribution >= 0.6 is 0 Å². The molecule has 4 rings (SSSR count). The summed E-state index contributed by atoms with van der Waals surface area (Å²) in [4.78, 5) is 25.4. The monoisotopic (exact) mass is 346 g/mol. The Balaban J connectivity index is 1.52. The van der Waals surface area contributed by atoms with Gasteiger partial charge in [0, 0.05) is 29.0 Å². The number of nitrogens with zero attached hydrogens (tertiary/aromatic N) is 3. The van der Waals surface area contributed by atoms with E-state index in [4.69, 9.17) is 0 Å². The Morgan fingerprint density at radius 3 is 2.92 bits per heavy atom. The van der Waals surface area contributed by atoms with E-state index in [-0.39, 0.29) is 16.9 Å². The summed E-state index contributed by atoms with van der Waals surface area (Å²) in [5, 5.41) is 3.29. The smallest absolute Gasteiger partial charge is 0.270 e. The quantitative estimate of drug-likeness (QED) is 0.849. The van der Waals surface area contributed by atoms with Crippen molar-refractivity contribution in [2.45, 2.75) is 51.0 Å². The first-order valence-electron chi connectivity index (χ1n) is 9.14. The highest BCUT2D eigenvalue weighted by Crippen LogP contribution is 2.53. The van der Waals surface area contributed by atoms with E-state index >= 15 is 0 Å². The zero-order chi connectivity index (χ0) is 18.0. The van der Waals surface area contributed by atoms with Gasteiger partial charge >= 0.3 is 0 Å². The summed E-state index contributed by atoms with van der Waals surface area (Å²) in [5.74, 6) is 6.59. The zero-order valence-corrected chi connectivity index (χ0v) is 15.0. The highest BCUT2D eigenvalue weighted by Gasteiger charge is 2.51. The Hall–Kier alpha value is -2.74. The molecule has 2 bridgehead atoms. The molecule has 2 aromatic rings. The van der Waals surface area contributed by atoms with Gasteiger partial charge in [0.1, 0.15) is 11.4 Å². The molecule has 2 aliphatic rings. The molecule has 0 spiro atoms. The van der Waals surface area contributed by atoms with E-state index < -0.39 is 0 Å². The van der Waals surface area contributed by atoms with Gasteiger partial charge in [-0.25, -0.2) is 9.97 Å². The van der Waals surface area contributed by atoms with Crippen molar-refractivity contribution in [3.8, 4) is 11.8 Å². The second kappa shape index (κ2) is 6.53. The maximum Gasteiger partial charge on any atom is 0.270 e. The van der Waals surface area contributed by atoms with E-state index in [9.17, 15) is 4.79 Å². The van der Waals surface area contributed by atoms with Crippen LogP contribution in [0.1, 0.15) is 60.4 Å². The zero-order valence-electron chi connectivity index (χ0n) is 15.0. The number of hydrogen-bond acceptors (Lipinski definition) is 4. The molecule has 1 amide bonds. The summed E-state index contributed by atoms with van der Waals surface area (Å²) in [6.07, 6.45) is 11.1. The lowest BCUT2D eigenvalue weighted by Gasteiger charge is -2.37. The molecule has 2 aromatic heterocycles. The number of hydrogen-bond donors (Lipinski definition) is 1. The molecule has 0 aromatic carbocycles. The Bertz CT molecular complexity index is 886. The third-order valence-corrected chi connectivity index (χ3v) is 5.59. The molecule has 26 heavy (non-hydrogen) atoms. The van der Waals surface area contributed by atoms with Gasteiger partial charge in [-0.05, 0) is 63.5 Å². The van der Waals surface area contributed by atoms with Crippen LogP contribution in [0.4, 0.5) is 0 Å². The first kappa shape index (κ1) is 16.7. The SMILES string of the molecule is Cc1cccc(C(=O)N[C@@]23CCCC(C#Cc4cnccn4)(CC2)C3)n1. The Labute approximate surface area is 153 Å². The van der Waals surface area contributed by atoms with Gasteiger partial charge in [0.15, 0.2) is 0 Å². The van der Waals surface area contributed by atoms with Crippen molar-refractivity contribution in [2.75, 3.05) is 0 Å². The van der Waals surface area contributed by atoms with Gasteiger partial charge in [-0.3, -0.25) is 9.78 Å². The maximum atomic E-state index is 12.7. The number of carbonyl (C=O) groups excluding carboxylic acids is 1. The van der Waals surface area contributed by atoms with Crippen LogP contribution in [0.2, 0.25) is 0 Å². The van der Waals surface area contributed by atoms with Crippen molar-refractivity contribution in [1.82, 2.24) is 20.3 Å². The molecule has 2 heterocycles. The molecule has 0 radical (unpaired) electrons. The van der Waals surface area contributed by atoms with Crippen LogP contribution in [0.3, 0.4) is 0 Å². The summed E-state index contributed by atoms with van der Waals surface area (Å²) in [6, 6.07) is 5.55. The molecule has 2 aliphatic carbocycles. The number of pyridine rings is 1. The van der Waals surface area contributed by atoms with Crippen LogP contribution in [0.25, 0.3) is 0 Å². The topological polar surface area (TPSA) is 67.8 Å². The summed E-state index contributed by atoms with van der Waals surface area (Å²) in [5.41, 5.74) is 1.88. The van der Waals surface area contributed by atoms with E-state index in [1.165, 1.54) is 0 Å². The molecular formula is C21H22N4O. The number of aryl methyl sites for hydroxylation is 1. The predicted molar refractivity (Wildman–Crippen MR) is 98.2 cm³/mol. The molecule has 2 atom stereocenters. The lowest BCUT2D eigenvalue weighted by molar-refractivity contribution is 0.0866. The highest BCUT2D eigenvalue weighted by molar-refractivity contribution is 5.92. The third kappa shape index (κ3) is 3.32. The molecule has 0 saturated heterocycles. The van der Waals surface area contributed by atoms with Gasteiger partial charge < -0.3 is 5.32 Å². The number of aromatic nitrogens is 3. The molecule has 0 aliphatic heterocycles. The van der Waals surface area contributed by atoms with Crippen LogP contribution in [0.15, 0.2) is 36.8 Å². The number of fused-ring (bicyclic) bond motifs is 2. The molecule has 132 valence electrons. The minimum absolute atomic E-state index is 0.0247. The van der Waals surface area contributed by atoms with Gasteiger partial charge in [-0.15, -0.1) is 0 Å². The summed E-state index contributed by atoms with van der Waals surface area (Å²) in [6.45, 7) is 1.90. The second-order valence-corrected chi connectivity index (χ2v) is 7.55. The number of amides is 1. The molecule has 1 N–H and O–H groups in total. The lowest BCUT2D eigenvalue weighted by Crippen LogP contribution is -2.49. The van der Waals surface area contributed by atoms with Crippen LogP contribution in [0.5, 0.6) is 0 Å². The van der Waals surface area contributed by atoms with Crippen LogP contribution in [-0.4, -0.2) is 26.4 Å². The van der Waals surface area contributed by atoms with Crippen LogP contribution < -0.4 is 5.32 Å². The molecular weight excluding hydrogens is 324 g/mol. The van der Waals surface area contributed by atoms with Crippen molar-refractivity contribution in [2.24, 2.45) is 5.41 Å². The van der Waals surface area contributed by atoms with E-state index in [0.29, 0.717) is 11.4 Å². The average Bonchev–Trinajstić information content (AvgIpc) is 2.91. The third-order valence-electron chi connectivity index (χ3n) is 5.59. The normalized spacial score (nSPS) is 26.7. The Morgan fingerprint density at radius 1 is 1.19 bits per heavy atom. The van der Waals surface area contributed by atoms with Gasteiger partial charge in [0.05, 0.1) is 6.20 Å². The molecule has 2 fully saturated rings. The fourth-order valence-electron chi connectivity index (χ4n) is 4.37. The summed E-state index contributed by atoms with van der Waals surface area (Å²) in [7, 11) is 0. The van der Waals surface area contributed by atoms with Crippen LogP contribution in [0, 0.1) is 24.2 Å². The van der Waals surface area contributed by atoms with Crippen molar-refractivity contribution in [1.29, 1.82) is 0 Å². The van der Waals surface area contributed by atoms with Gasteiger partial charge in [0.2, 0.25) is 0 Å². The van der Waals surface area contributed by atoms with Crippen LogP contribution in [-0.2, 0) is 0 Å². The summed E-state index contributed by atoms with van der Waals surface area (Å²) >= 11 is 0. The van der Waals surface area contributed by atoms with Crippen molar-refractivity contribution < 1.29 is 4.79 Å². The lowest BCUT2D eigenvalue weighted by atomic mass is 9.73. The number of nitrogens with one attached hydrogen (secondary N) is 1. The molecule has 1 unspecified atom stereocenters. The molecule has 5 heteroatoms. The van der Waals surface area contributed by atoms with Gasteiger partial charge in [-0.1, -0.05) is 12.0 Å². The molecule has 5 nitrogen and oxygen atoms in total. The van der Waals surface area contributed by atoms with Crippen molar-refractivity contribution in [3.05, 3.63) is 53.9 Å². The van der Waals surface area contributed by atoms with E-state index in [0.717, 1.165) is 44.2 Å². The first-order chi connectivity index (χ1) is 12.6. The maximum absolute atomic E-state index is 12.7.